The number of aliphatic imine (C=N–C) groups is 1. The van der Waals surface area contributed by atoms with Gasteiger partial charge >= 0.3 is 0 Å². The summed E-state index contributed by atoms with van der Waals surface area (Å²) >= 11 is 1.72. The molecule has 0 aromatic carbocycles. The molecule has 5 nitrogen and oxygen atoms in total. The van der Waals surface area contributed by atoms with Gasteiger partial charge in [0.2, 0.25) is 5.96 Å². The molecule has 6 heteroatoms. The predicted molar refractivity (Wildman–Crippen MR) is 79.0 cm³/mol. The molecule has 1 aliphatic rings. The first-order valence-electron chi connectivity index (χ1n) is 6.55. The van der Waals surface area contributed by atoms with Crippen molar-refractivity contribution < 1.29 is 4.74 Å². The molecule has 3 N–H and O–H groups in total. The number of guanidine groups is 1. The maximum atomic E-state index is 5.65. The van der Waals surface area contributed by atoms with Crippen LogP contribution < -0.4 is 11.3 Å². The third-order valence-electron chi connectivity index (χ3n) is 3.07. The molecule has 19 heavy (non-hydrogen) atoms. The van der Waals surface area contributed by atoms with E-state index in [-0.39, 0.29) is 6.04 Å². The van der Waals surface area contributed by atoms with E-state index in [0.29, 0.717) is 12.6 Å². The van der Waals surface area contributed by atoms with Crippen LogP contribution in [-0.4, -0.2) is 36.7 Å². The summed E-state index contributed by atoms with van der Waals surface area (Å²) in [6.07, 6.45) is 2.42. The van der Waals surface area contributed by atoms with E-state index in [1.54, 1.807) is 18.4 Å². The van der Waals surface area contributed by atoms with E-state index < -0.39 is 0 Å². The van der Waals surface area contributed by atoms with Gasteiger partial charge in [0.15, 0.2) is 0 Å². The Kier molecular flexibility index (Phi) is 5.18. The number of thiophene rings is 1. The Bertz CT molecular complexity index is 403. The average molecular weight is 282 g/mol. The van der Waals surface area contributed by atoms with Gasteiger partial charge in [0, 0.05) is 19.7 Å². The zero-order chi connectivity index (χ0) is 13.7. The average Bonchev–Trinajstić information content (AvgIpc) is 3.11. The number of nitrogens with zero attached hydrogens (tertiary/aromatic N) is 2. The maximum Gasteiger partial charge on any atom is 0.209 e. The monoisotopic (exact) mass is 282 g/mol. The van der Waals surface area contributed by atoms with Crippen LogP contribution in [0, 0.1) is 0 Å². The second-order valence-corrected chi connectivity index (χ2v) is 5.67. The Morgan fingerprint density at radius 2 is 2.47 bits per heavy atom. The summed E-state index contributed by atoms with van der Waals surface area (Å²) in [4.78, 5) is 6.87. The van der Waals surface area contributed by atoms with Crippen molar-refractivity contribution >= 4 is 17.3 Å². The largest absolute Gasteiger partial charge is 0.382 e. The van der Waals surface area contributed by atoms with Crippen molar-refractivity contribution in [1.82, 2.24) is 10.3 Å². The van der Waals surface area contributed by atoms with Crippen LogP contribution in [0.25, 0.3) is 0 Å². The van der Waals surface area contributed by atoms with Crippen molar-refractivity contribution in [2.45, 2.75) is 38.4 Å². The Morgan fingerprint density at radius 3 is 3.00 bits per heavy atom. The van der Waals surface area contributed by atoms with E-state index in [1.165, 1.54) is 18.4 Å². The SMILES string of the molecule is COCC(C)N=C(NN)N(Cc1ccsc1)C1CC1. The van der Waals surface area contributed by atoms with Crippen molar-refractivity contribution in [1.29, 1.82) is 0 Å². The van der Waals surface area contributed by atoms with Crippen molar-refractivity contribution in [2.24, 2.45) is 10.8 Å². The molecule has 0 saturated heterocycles. The number of methoxy groups -OCH3 is 1. The summed E-state index contributed by atoms with van der Waals surface area (Å²) in [7, 11) is 1.69. The molecule has 1 aliphatic carbocycles. The molecule has 1 aromatic rings. The Morgan fingerprint density at radius 1 is 1.68 bits per heavy atom. The van der Waals surface area contributed by atoms with Crippen molar-refractivity contribution in [2.75, 3.05) is 13.7 Å². The molecule has 1 unspecified atom stereocenters. The van der Waals surface area contributed by atoms with Gasteiger partial charge in [-0.25, -0.2) is 10.8 Å². The predicted octanol–water partition coefficient (Wildman–Crippen LogP) is 1.57. The van der Waals surface area contributed by atoms with Gasteiger partial charge in [-0.1, -0.05) is 0 Å². The molecular formula is C13H22N4OS. The van der Waals surface area contributed by atoms with Crippen molar-refractivity contribution in [3.63, 3.8) is 0 Å². The quantitative estimate of drug-likeness (QED) is 0.360. The fourth-order valence-corrected chi connectivity index (χ4v) is 2.68. The van der Waals surface area contributed by atoms with Gasteiger partial charge in [0.05, 0.1) is 12.6 Å². The Labute approximate surface area is 118 Å². The summed E-state index contributed by atoms with van der Waals surface area (Å²) in [5.41, 5.74) is 4.05. The van der Waals surface area contributed by atoms with Gasteiger partial charge < -0.3 is 9.64 Å². The zero-order valence-corrected chi connectivity index (χ0v) is 12.3. The lowest BCUT2D eigenvalue weighted by atomic mass is 10.3. The topological polar surface area (TPSA) is 62.9 Å². The highest BCUT2D eigenvalue weighted by atomic mass is 32.1. The second kappa shape index (κ2) is 6.88. The number of nitrogens with one attached hydrogen (secondary N) is 1. The number of nitrogens with two attached hydrogens (primary N) is 1. The molecule has 1 heterocycles. The van der Waals surface area contributed by atoms with Crippen LogP contribution in [0.1, 0.15) is 25.3 Å². The standard InChI is InChI=1S/C13H22N4OS/c1-10(8-18-2)15-13(16-14)17(12-3-4-12)7-11-5-6-19-9-11/h5-6,9-10,12H,3-4,7-8,14H2,1-2H3,(H,15,16). The fourth-order valence-electron chi connectivity index (χ4n) is 2.02. The lowest BCUT2D eigenvalue weighted by Gasteiger charge is -2.26. The van der Waals surface area contributed by atoms with Crippen molar-refractivity contribution in [3.05, 3.63) is 22.4 Å². The molecule has 0 spiro atoms. The van der Waals surface area contributed by atoms with E-state index in [0.717, 1.165) is 12.5 Å². The van der Waals surface area contributed by atoms with Crippen LogP contribution in [0.15, 0.2) is 21.8 Å². The highest BCUT2D eigenvalue weighted by Crippen LogP contribution is 2.28. The molecule has 0 radical (unpaired) electrons. The summed E-state index contributed by atoms with van der Waals surface area (Å²) < 4.78 is 5.12. The molecule has 0 aliphatic heterocycles. The number of rotatable bonds is 6. The third kappa shape index (κ3) is 4.19. The molecule has 1 saturated carbocycles. The van der Waals surface area contributed by atoms with Crippen LogP contribution in [0.2, 0.25) is 0 Å². The summed E-state index contributed by atoms with van der Waals surface area (Å²) in [5.74, 6) is 6.41. The number of ether oxygens (including phenoxy) is 1. The molecule has 0 amide bonds. The minimum atomic E-state index is 0.0970. The maximum absolute atomic E-state index is 5.65. The molecule has 1 atom stereocenters. The van der Waals surface area contributed by atoms with Gasteiger partial charge in [-0.3, -0.25) is 5.43 Å². The minimum Gasteiger partial charge on any atom is -0.382 e. The first kappa shape index (κ1) is 14.3. The summed E-state index contributed by atoms with van der Waals surface area (Å²) in [6.45, 7) is 3.48. The van der Waals surface area contributed by atoms with E-state index in [9.17, 15) is 0 Å². The number of hydrazine groups is 1. The Hall–Kier alpha value is -1.11. The zero-order valence-electron chi connectivity index (χ0n) is 11.5. The van der Waals surface area contributed by atoms with Crippen LogP contribution in [0.3, 0.4) is 0 Å². The summed E-state index contributed by atoms with van der Waals surface area (Å²) in [5, 5.41) is 4.27. The van der Waals surface area contributed by atoms with E-state index >= 15 is 0 Å². The van der Waals surface area contributed by atoms with E-state index in [4.69, 9.17) is 10.6 Å². The normalized spacial score (nSPS) is 17.3. The molecule has 1 fully saturated rings. The van der Waals surface area contributed by atoms with Gasteiger partial charge in [-0.05, 0) is 42.2 Å². The molecule has 106 valence electrons. The van der Waals surface area contributed by atoms with Gasteiger partial charge in [-0.15, -0.1) is 0 Å². The molecule has 1 aromatic heterocycles. The van der Waals surface area contributed by atoms with Crippen LogP contribution in [0.5, 0.6) is 0 Å². The fraction of sp³-hybridized carbons (Fsp3) is 0.615. The minimum absolute atomic E-state index is 0.0970. The van der Waals surface area contributed by atoms with Crippen LogP contribution >= 0.6 is 11.3 Å². The molecule has 2 rings (SSSR count). The van der Waals surface area contributed by atoms with Crippen LogP contribution in [0.4, 0.5) is 0 Å². The van der Waals surface area contributed by atoms with Gasteiger partial charge in [-0.2, -0.15) is 11.3 Å². The van der Waals surface area contributed by atoms with Gasteiger partial charge in [0.25, 0.3) is 0 Å². The van der Waals surface area contributed by atoms with Crippen molar-refractivity contribution in [3.8, 4) is 0 Å². The first-order valence-corrected chi connectivity index (χ1v) is 7.50. The summed E-state index contributed by atoms with van der Waals surface area (Å²) in [6, 6.07) is 2.80. The third-order valence-corrected chi connectivity index (χ3v) is 3.80. The van der Waals surface area contributed by atoms with Gasteiger partial charge in [0.1, 0.15) is 0 Å². The highest BCUT2D eigenvalue weighted by Gasteiger charge is 2.31. The number of hydrogen-bond acceptors (Lipinski definition) is 4. The molecule has 0 bridgehead atoms. The van der Waals surface area contributed by atoms with Crippen LogP contribution in [-0.2, 0) is 11.3 Å². The smallest absolute Gasteiger partial charge is 0.209 e. The first-order chi connectivity index (χ1) is 9.24. The lowest BCUT2D eigenvalue weighted by Crippen LogP contribution is -2.46. The van der Waals surface area contributed by atoms with E-state index in [2.05, 4.69) is 32.1 Å². The Balaban J connectivity index is 2.07. The molecular weight excluding hydrogens is 260 g/mol. The number of hydrogen-bond donors (Lipinski definition) is 2. The lowest BCUT2D eigenvalue weighted by molar-refractivity contribution is 0.185. The second-order valence-electron chi connectivity index (χ2n) is 4.89. The highest BCUT2D eigenvalue weighted by molar-refractivity contribution is 7.07. The van der Waals surface area contributed by atoms with E-state index in [1.807, 2.05) is 6.92 Å².